The number of rotatable bonds is 5. The molecule has 9 heteroatoms. The Morgan fingerprint density at radius 2 is 2.10 bits per heavy atom. The maximum Gasteiger partial charge on any atom is 0.326 e. The summed E-state index contributed by atoms with van der Waals surface area (Å²) in [6.07, 6.45) is 4.39. The first-order valence-corrected chi connectivity index (χ1v) is 8.08. The second kappa shape index (κ2) is 6.00. The van der Waals surface area contributed by atoms with Gasteiger partial charge in [0.2, 0.25) is 11.1 Å². The third-order valence-corrected chi connectivity index (χ3v) is 4.71. The molecule has 0 bridgehead atoms. The Labute approximate surface area is 125 Å². The molecule has 8 nitrogen and oxygen atoms in total. The fraction of sp³-hybridized carbons (Fsp3) is 0.750. The molecule has 114 valence electrons. The lowest BCUT2D eigenvalue weighted by molar-refractivity contribution is -0.150. The molecule has 1 aliphatic carbocycles. The number of hydrogen-bond acceptors (Lipinski definition) is 6. The van der Waals surface area contributed by atoms with Crippen molar-refractivity contribution in [1.29, 1.82) is 0 Å². The van der Waals surface area contributed by atoms with Crippen molar-refractivity contribution in [3.05, 3.63) is 0 Å². The van der Waals surface area contributed by atoms with E-state index in [0.717, 1.165) is 25.7 Å². The Bertz CT molecular complexity index is 545. The summed E-state index contributed by atoms with van der Waals surface area (Å²) in [5.41, 5.74) is 0. The van der Waals surface area contributed by atoms with Crippen LogP contribution in [-0.4, -0.2) is 60.4 Å². The van der Waals surface area contributed by atoms with Crippen LogP contribution in [0.15, 0.2) is 5.16 Å². The van der Waals surface area contributed by atoms with Crippen molar-refractivity contribution < 1.29 is 14.7 Å². The lowest BCUT2D eigenvalue weighted by Crippen LogP contribution is -2.48. The zero-order valence-corrected chi connectivity index (χ0v) is 12.3. The van der Waals surface area contributed by atoms with E-state index in [2.05, 4.69) is 15.5 Å². The lowest BCUT2D eigenvalue weighted by atomic mass is 10.0. The number of thioether (sulfide) groups is 1. The number of nitrogens with zero attached hydrogens (tertiary/aromatic N) is 5. The van der Waals surface area contributed by atoms with Gasteiger partial charge in [-0.2, -0.15) is 0 Å². The maximum atomic E-state index is 12.3. The highest BCUT2D eigenvalue weighted by Crippen LogP contribution is 2.36. The van der Waals surface area contributed by atoms with Crippen LogP contribution in [0.25, 0.3) is 0 Å². The summed E-state index contributed by atoms with van der Waals surface area (Å²) in [6.45, 7) is 0.518. The molecule has 1 amide bonds. The molecule has 3 rings (SSSR count). The normalized spacial score (nSPS) is 22.3. The molecule has 2 fully saturated rings. The van der Waals surface area contributed by atoms with E-state index in [1.165, 1.54) is 16.7 Å². The zero-order valence-electron chi connectivity index (χ0n) is 11.5. The summed E-state index contributed by atoms with van der Waals surface area (Å²) >= 11 is 1.28. The Kier molecular flexibility index (Phi) is 4.09. The number of tetrazole rings is 1. The van der Waals surface area contributed by atoms with Gasteiger partial charge in [0.15, 0.2) is 0 Å². The Hall–Kier alpha value is -1.64. The largest absolute Gasteiger partial charge is 0.480 e. The highest BCUT2D eigenvalue weighted by atomic mass is 32.2. The van der Waals surface area contributed by atoms with Crippen LogP contribution in [0.2, 0.25) is 0 Å². The van der Waals surface area contributed by atoms with Gasteiger partial charge in [0.1, 0.15) is 6.04 Å². The summed E-state index contributed by atoms with van der Waals surface area (Å²) < 4.78 is 1.75. The fourth-order valence-corrected chi connectivity index (χ4v) is 3.36. The van der Waals surface area contributed by atoms with Crippen molar-refractivity contribution in [2.75, 3.05) is 12.3 Å². The molecule has 2 aliphatic rings. The van der Waals surface area contributed by atoms with Crippen LogP contribution >= 0.6 is 11.8 Å². The number of hydrogen-bond donors (Lipinski definition) is 1. The third-order valence-electron chi connectivity index (χ3n) is 3.79. The second-order valence-electron chi connectivity index (χ2n) is 5.36. The van der Waals surface area contributed by atoms with Crippen LogP contribution in [-0.2, 0) is 9.59 Å². The molecule has 0 aromatic carbocycles. The van der Waals surface area contributed by atoms with Crippen molar-refractivity contribution in [3.8, 4) is 0 Å². The number of aliphatic carboxylic acids is 1. The molecule has 1 saturated heterocycles. The predicted molar refractivity (Wildman–Crippen MR) is 73.8 cm³/mol. The first-order valence-electron chi connectivity index (χ1n) is 7.10. The molecule has 1 aliphatic heterocycles. The van der Waals surface area contributed by atoms with Crippen molar-refractivity contribution in [2.24, 2.45) is 0 Å². The van der Waals surface area contributed by atoms with Crippen molar-refractivity contribution in [2.45, 2.75) is 49.3 Å². The van der Waals surface area contributed by atoms with Crippen LogP contribution in [0.1, 0.15) is 38.1 Å². The highest BCUT2D eigenvalue weighted by Gasteiger charge is 2.32. The van der Waals surface area contributed by atoms with Crippen LogP contribution in [0, 0.1) is 0 Å². The van der Waals surface area contributed by atoms with Gasteiger partial charge in [-0.3, -0.25) is 4.79 Å². The van der Waals surface area contributed by atoms with Gasteiger partial charge in [0, 0.05) is 6.54 Å². The van der Waals surface area contributed by atoms with Crippen LogP contribution < -0.4 is 0 Å². The lowest BCUT2D eigenvalue weighted by Gasteiger charge is -2.32. The van der Waals surface area contributed by atoms with E-state index in [0.29, 0.717) is 24.2 Å². The van der Waals surface area contributed by atoms with Crippen LogP contribution in [0.5, 0.6) is 0 Å². The number of carboxylic acid groups (broad SMARTS) is 1. The Morgan fingerprint density at radius 1 is 1.29 bits per heavy atom. The van der Waals surface area contributed by atoms with Crippen LogP contribution in [0.3, 0.4) is 0 Å². The molecule has 1 aromatic heterocycles. The van der Waals surface area contributed by atoms with Gasteiger partial charge in [0.05, 0.1) is 11.8 Å². The van der Waals surface area contributed by atoms with E-state index in [4.69, 9.17) is 0 Å². The first kappa shape index (κ1) is 14.3. The monoisotopic (exact) mass is 311 g/mol. The molecule has 0 spiro atoms. The van der Waals surface area contributed by atoms with E-state index < -0.39 is 12.0 Å². The van der Waals surface area contributed by atoms with Gasteiger partial charge < -0.3 is 10.0 Å². The summed E-state index contributed by atoms with van der Waals surface area (Å²) in [7, 11) is 0. The topological polar surface area (TPSA) is 101 Å². The molecule has 1 aromatic rings. The summed E-state index contributed by atoms with van der Waals surface area (Å²) in [5.74, 6) is -0.898. The van der Waals surface area contributed by atoms with Crippen molar-refractivity contribution >= 4 is 23.6 Å². The Morgan fingerprint density at radius 3 is 2.81 bits per heavy atom. The van der Waals surface area contributed by atoms with Gasteiger partial charge >= 0.3 is 5.97 Å². The molecule has 1 N–H and O–H groups in total. The fourth-order valence-electron chi connectivity index (χ4n) is 2.52. The number of amides is 1. The van der Waals surface area contributed by atoms with Gasteiger partial charge in [-0.1, -0.05) is 11.8 Å². The average molecular weight is 311 g/mol. The molecule has 21 heavy (non-hydrogen) atoms. The first-order chi connectivity index (χ1) is 10.2. The molecular formula is C12H17N5O3S. The minimum Gasteiger partial charge on any atom is -0.480 e. The van der Waals surface area contributed by atoms with Gasteiger partial charge in [-0.25, -0.2) is 9.48 Å². The summed E-state index contributed by atoms with van der Waals surface area (Å²) in [5, 5.41) is 21.3. The smallest absolute Gasteiger partial charge is 0.326 e. The summed E-state index contributed by atoms with van der Waals surface area (Å²) in [6, 6.07) is -0.328. The highest BCUT2D eigenvalue weighted by molar-refractivity contribution is 7.99. The van der Waals surface area contributed by atoms with E-state index in [1.54, 1.807) is 4.68 Å². The standard InChI is InChI=1S/C12H17N5O3S/c18-10(16-6-2-1-3-9(16)11(19)20)7-21-12-13-14-15-17(12)8-4-5-8/h8-9H,1-7H2,(H,19,20). The average Bonchev–Trinajstić information content (AvgIpc) is 3.23. The molecule has 1 atom stereocenters. The number of carbonyl (C=O) groups is 2. The number of likely N-dealkylation sites (tertiary alicyclic amines) is 1. The second-order valence-corrected chi connectivity index (χ2v) is 6.31. The third kappa shape index (κ3) is 3.17. The number of carboxylic acids is 1. The molecule has 1 saturated carbocycles. The summed E-state index contributed by atoms with van der Waals surface area (Å²) in [4.78, 5) is 25.0. The number of carbonyl (C=O) groups excluding carboxylic acids is 1. The van der Waals surface area contributed by atoms with E-state index in [9.17, 15) is 14.7 Å². The van der Waals surface area contributed by atoms with Gasteiger partial charge in [-0.15, -0.1) is 5.10 Å². The van der Waals surface area contributed by atoms with Crippen molar-refractivity contribution in [3.63, 3.8) is 0 Å². The van der Waals surface area contributed by atoms with Crippen LogP contribution in [0.4, 0.5) is 0 Å². The maximum absolute atomic E-state index is 12.3. The Balaban J connectivity index is 1.60. The molecular weight excluding hydrogens is 294 g/mol. The van der Waals surface area contributed by atoms with E-state index in [-0.39, 0.29) is 11.7 Å². The zero-order chi connectivity index (χ0) is 14.8. The number of aromatic nitrogens is 4. The van der Waals surface area contributed by atoms with E-state index in [1.807, 2.05) is 0 Å². The van der Waals surface area contributed by atoms with Gasteiger partial charge in [0.25, 0.3) is 0 Å². The van der Waals surface area contributed by atoms with E-state index >= 15 is 0 Å². The molecule has 0 radical (unpaired) electrons. The number of piperidine rings is 1. The quantitative estimate of drug-likeness (QED) is 0.793. The van der Waals surface area contributed by atoms with Crippen molar-refractivity contribution in [1.82, 2.24) is 25.1 Å². The molecule has 2 heterocycles. The molecule has 1 unspecified atom stereocenters. The SMILES string of the molecule is O=C(O)C1CCCCN1C(=O)CSc1nnnn1C1CC1. The predicted octanol–water partition coefficient (Wildman–Crippen LogP) is 0.566. The van der Waals surface area contributed by atoms with Gasteiger partial charge in [-0.05, 0) is 42.5 Å². The minimum atomic E-state index is -0.920. The minimum absolute atomic E-state index is 0.155.